The first-order valence-electron chi connectivity index (χ1n) is 5.56. The maximum atomic E-state index is 6.12. The minimum absolute atomic E-state index is 0.127. The van der Waals surface area contributed by atoms with Gasteiger partial charge >= 0.3 is 0 Å². The Morgan fingerprint density at radius 2 is 2.44 bits per heavy atom. The molecule has 1 unspecified atom stereocenters. The fourth-order valence-electron chi connectivity index (χ4n) is 1.98. The summed E-state index contributed by atoms with van der Waals surface area (Å²) in [6.07, 6.45) is 1.89. The predicted octanol–water partition coefficient (Wildman–Crippen LogP) is 1.97. The number of thioether (sulfide) groups is 1. The molecular weight excluding hydrogens is 238 g/mol. The van der Waals surface area contributed by atoms with Crippen LogP contribution >= 0.6 is 23.1 Å². The zero-order chi connectivity index (χ0) is 11.6. The molecule has 1 aliphatic heterocycles. The van der Waals surface area contributed by atoms with E-state index in [0.717, 1.165) is 18.8 Å². The number of rotatable bonds is 3. The van der Waals surface area contributed by atoms with E-state index in [1.165, 1.54) is 10.8 Å². The Hall–Kier alpha value is -0.100. The average Bonchev–Trinajstić information content (AvgIpc) is 2.69. The predicted molar refractivity (Wildman–Crippen MR) is 72.0 cm³/mol. The van der Waals surface area contributed by atoms with E-state index in [1.807, 2.05) is 18.0 Å². The van der Waals surface area contributed by atoms with Crippen LogP contribution in [0.5, 0.6) is 0 Å². The molecular formula is C11H19N3S2. The van der Waals surface area contributed by atoms with Gasteiger partial charge in [0.1, 0.15) is 5.01 Å². The second kappa shape index (κ2) is 5.04. The zero-order valence-electron chi connectivity index (χ0n) is 9.85. The van der Waals surface area contributed by atoms with Crippen LogP contribution in [0.2, 0.25) is 0 Å². The molecule has 1 atom stereocenters. The first-order chi connectivity index (χ1) is 7.56. The molecule has 2 N–H and O–H groups in total. The van der Waals surface area contributed by atoms with E-state index in [4.69, 9.17) is 5.73 Å². The molecule has 0 saturated carbocycles. The van der Waals surface area contributed by atoms with Gasteiger partial charge in [0.25, 0.3) is 0 Å². The van der Waals surface area contributed by atoms with E-state index in [1.54, 1.807) is 11.3 Å². The van der Waals surface area contributed by atoms with Gasteiger partial charge in [0.2, 0.25) is 0 Å². The van der Waals surface area contributed by atoms with Crippen LogP contribution < -0.4 is 5.73 Å². The molecule has 2 rings (SSSR count). The van der Waals surface area contributed by atoms with Crippen LogP contribution in [0, 0.1) is 0 Å². The molecule has 3 nitrogen and oxygen atoms in total. The van der Waals surface area contributed by atoms with Crippen molar-refractivity contribution in [2.45, 2.75) is 25.4 Å². The van der Waals surface area contributed by atoms with Crippen LogP contribution in [0.1, 0.15) is 24.9 Å². The van der Waals surface area contributed by atoms with Crippen molar-refractivity contribution in [2.24, 2.45) is 5.73 Å². The minimum atomic E-state index is -0.127. The smallest absolute Gasteiger partial charge is 0.111 e. The molecule has 0 bridgehead atoms. The van der Waals surface area contributed by atoms with Crippen molar-refractivity contribution >= 4 is 23.1 Å². The summed E-state index contributed by atoms with van der Waals surface area (Å²) in [6.45, 7) is 6.24. The first kappa shape index (κ1) is 12.4. The van der Waals surface area contributed by atoms with Gasteiger partial charge in [-0.1, -0.05) is 0 Å². The molecule has 0 spiro atoms. The molecule has 16 heavy (non-hydrogen) atoms. The number of nitrogens with zero attached hydrogens (tertiary/aromatic N) is 2. The van der Waals surface area contributed by atoms with Crippen molar-refractivity contribution in [1.82, 2.24) is 9.88 Å². The molecule has 90 valence electrons. The summed E-state index contributed by atoms with van der Waals surface area (Å²) in [6, 6.07) is 0.460. The lowest BCUT2D eigenvalue weighted by Gasteiger charge is -2.38. The van der Waals surface area contributed by atoms with Crippen molar-refractivity contribution in [3.05, 3.63) is 16.6 Å². The Morgan fingerprint density at radius 1 is 1.62 bits per heavy atom. The molecule has 5 heteroatoms. The van der Waals surface area contributed by atoms with Gasteiger partial charge in [-0.15, -0.1) is 11.3 Å². The molecule has 2 heterocycles. The third-order valence-electron chi connectivity index (χ3n) is 2.59. The molecule has 0 amide bonds. The van der Waals surface area contributed by atoms with Crippen LogP contribution in [0.4, 0.5) is 0 Å². The van der Waals surface area contributed by atoms with Gasteiger partial charge in [-0.3, -0.25) is 4.90 Å². The van der Waals surface area contributed by atoms with Crippen molar-refractivity contribution in [3.8, 4) is 0 Å². The van der Waals surface area contributed by atoms with Crippen LogP contribution in [0.25, 0.3) is 0 Å². The quantitative estimate of drug-likeness (QED) is 0.899. The third-order valence-corrected chi connectivity index (χ3v) is 4.49. The summed E-state index contributed by atoms with van der Waals surface area (Å²) in [5.74, 6) is 2.35. The Bertz CT molecular complexity index is 318. The van der Waals surface area contributed by atoms with Gasteiger partial charge in [0.05, 0.1) is 6.04 Å². The van der Waals surface area contributed by atoms with Crippen LogP contribution in [-0.4, -0.2) is 40.0 Å². The molecule has 0 aromatic carbocycles. The first-order valence-corrected chi connectivity index (χ1v) is 7.60. The van der Waals surface area contributed by atoms with E-state index < -0.39 is 0 Å². The van der Waals surface area contributed by atoms with E-state index in [-0.39, 0.29) is 5.54 Å². The summed E-state index contributed by atoms with van der Waals surface area (Å²) in [5.41, 5.74) is 5.99. The van der Waals surface area contributed by atoms with Crippen LogP contribution in [0.3, 0.4) is 0 Å². The van der Waals surface area contributed by atoms with Gasteiger partial charge in [-0.05, 0) is 13.8 Å². The fraction of sp³-hybridized carbons (Fsp3) is 0.727. The number of thiazole rings is 1. The molecule has 1 aliphatic rings. The van der Waals surface area contributed by atoms with E-state index >= 15 is 0 Å². The number of hydrogen-bond acceptors (Lipinski definition) is 5. The van der Waals surface area contributed by atoms with Gasteiger partial charge in [-0.25, -0.2) is 4.98 Å². The molecule has 1 aromatic rings. The van der Waals surface area contributed by atoms with Gasteiger partial charge < -0.3 is 5.73 Å². The molecule has 0 radical (unpaired) electrons. The Kier molecular flexibility index (Phi) is 3.89. The summed E-state index contributed by atoms with van der Waals surface area (Å²) < 4.78 is 0. The van der Waals surface area contributed by atoms with Crippen LogP contribution in [0.15, 0.2) is 11.6 Å². The van der Waals surface area contributed by atoms with Crippen molar-refractivity contribution in [3.63, 3.8) is 0 Å². The Labute approximate surface area is 105 Å². The second-order valence-corrected chi connectivity index (χ2v) is 7.00. The lowest BCUT2D eigenvalue weighted by atomic mass is 10.1. The number of aromatic nitrogens is 1. The van der Waals surface area contributed by atoms with Gasteiger partial charge in [0, 0.05) is 41.7 Å². The summed E-state index contributed by atoms with van der Waals surface area (Å²) >= 11 is 3.77. The number of hydrogen-bond donors (Lipinski definition) is 1. The highest BCUT2D eigenvalue weighted by Crippen LogP contribution is 2.31. The molecule has 1 fully saturated rings. The fourth-order valence-corrected chi connectivity index (χ4v) is 3.98. The number of nitrogens with two attached hydrogens (primary N) is 1. The van der Waals surface area contributed by atoms with Crippen molar-refractivity contribution < 1.29 is 0 Å². The Morgan fingerprint density at radius 3 is 3.06 bits per heavy atom. The second-order valence-electron chi connectivity index (χ2n) is 4.92. The lowest BCUT2D eigenvalue weighted by molar-refractivity contribution is 0.182. The zero-order valence-corrected chi connectivity index (χ0v) is 11.5. The van der Waals surface area contributed by atoms with Crippen molar-refractivity contribution in [2.75, 3.05) is 24.6 Å². The summed E-state index contributed by atoms with van der Waals surface area (Å²) in [4.78, 5) is 6.92. The standard InChI is InChI=1S/C11H19N3S2/c1-11(2,12)8-14-4-6-15-7-9(14)10-13-3-5-16-10/h3,5,9H,4,6-8,12H2,1-2H3. The summed E-state index contributed by atoms with van der Waals surface area (Å²) in [7, 11) is 0. The molecule has 0 aliphatic carbocycles. The van der Waals surface area contributed by atoms with E-state index in [9.17, 15) is 0 Å². The SMILES string of the molecule is CC(C)(N)CN1CCSCC1c1nccs1. The van der Waals surface area contributed by atoms with E-state index in [2.05, 4.69) is 29.1 Å². The maximum absolute atomic E-state index is 6.12. The maximum Gasteiger partial charge on any atom is 0.111 e. The van der Waals surface area contributed by atoms with Gasteiger partial charge in [-0.2, -0.15) is 11.8 Å². The van der Waals surface area contributed by atoms with Gasteiger partial charge in [0.15, 0.2) is 0 Å². The highest BCUT2D eigenvalue weighted by atomic mass is 32.2. The largest absolute Gasteiger partial charge is 0.324 e. The van der Waals surface area contributed by atoms with Crippen molar-refractivity contribution in [1.29, 1.82) is 0 Å². The van der Waals surface area contributed by atoms with E-state index in [0.29, 0.717) is 6.04 Å². The molecule has 1 aromatic heterocycles. The molecule has 1 saturated heterocycles. The Balaban J connectivity index is 2.08. The average molecular weight is 257 g/mol. The normalized spacial score (nSPS) is 23.6. The monoisotopic (exact) mass is 257 g/mol. The topological polar surface area (TPSA) is 42.1 Å². The minimum Gasteiger partial charge on any atom is -0.324 e. The summed E-state index contributed by atoms with van der Waals surface area (Å²) in [5, 5.41) is 3.29. The lowest BCUT2D eigenvalue weighted by Crippen LogP contribution is -2.49. The highest BCUT2D eigenvalue weighted by Gasteiger charge is 2.29. The highest BCUT2D eigenvalue weighted by molar-refractivity contribution is 7.99. The third kappa shape index (κ3) is 3.20. The van der Waals surface area contributed by atoms with Crippen LogP contribution in [-0.2, 0) is 0 Å².